The predicted octanol–water partition coefficient (Wildman–Crippen LogP) is 3.27. The summed E-state index contributed by atoms with van der Waals surface area (Å²) < 4.78 is 16.2. The number of nitrogens with one attached hydrogen (secondary N) is 1. The predicted molar refractivity (Wildman–Crippen MR) is 119 cm³/mol. The summed E-state index contributed by atoms with van der Waals surface area (Å²) in [6.07, 6.45) is 0. The van der Waals surface area contributed by atoms with Gasteiger partial charge in [0.15, 0.2) is 6.61 Å². The van der Waals surface area contributed by atoms with E-state index in [1.54, 1.807) is 39.3 Å². The summed E-state index contributed by atoms with van der Waals surface area (Å²) in [6, 6.07) is 14.0. The first kappa shape index (κ1) is 24.1. The fourth-order valence-electron chi connectivity index (χ4n) is 2.91. The van der Waals surface area contributed by atoms with Crippen LogP contribution in [0, 0.1) is 5.92 Å². The second-order valence-corrected chi connectivity index (χ2v) is 7.66. The fraction of sp³-hybridized carbons (Fsp3) is 0.417. The Morgan fingerprint density at radius 2 is 1.52 bits per heavy atom. The molecule has 2 aromatic rings. The van der Waals surface area contributed by atoms with E-state index in [0.29, 0.717) is 36.3 Å². The third-order valence-corrected chi connectivity index (χ3v) is 4.73. The van der Waals surface area contributed by atoms with Crippen molar-refractivity contribution >= 4 is 11.8 Å². The molecule has 2 rings (SSSR count). The molecule has 0 aliphatic heterocycles. The molecule has 0 aliphatic rings. The van der Waals surface area contributed by atoms with Crippen molar-refractivity contribution in [3.63, 3.8) is 0 Å². The Bertz CT molecular complexity index is 832. The lowest BCUT2D eigenvalue weighted by molar-refractivity contribution is -0.142. The van der Waals surface area contributed by atoms with E-state index in [1.807, 2.05) is 44.2 Å². The summed E-state index contributed by atoms with van der Waals surface area (Å²) in [5.41, 5.74) is 0.933. The molecule has 2 aromatic carbocycles. The molecule has 0 bridgehead atoms. The minimum atomic E-state index is -0.644. The second kappa shape index (κ2) is 11.8. The van der Waals surface area contributed by atoms with Gasteiger partial charge >= 0.3 is 0 Å². The van der Waals surface area contributed by atoms with E-state index in [2.05, 4.69) is 5.32 Å². The molecule has 168 valence electrons. The lowest BCUT2D eigenvalue weighted by Gasteiger charge is -2.29. The lowest BCUT2D eigenvalue weighted by atomic mass is 10.1. The molecular weight excluding hydrogens is 396 g/mol. The van der Waals surface area contributed by atoms with Crippen LogP contribution in [0.15, 0.2) is 48.5 Å². The molecule has 0 aromatic heterocycles. The van der Waals surface area contributed by atoms with Crippen LogP contribution in [0.4, 0.5) is 0 Å². The van der Waals surface area contributed by atoms with Gasteiger partial charge in [-0.2, -0.15) is 0 Å². The Kier molecular flexibility index (Phi) is 9.18. The highest BCUT2D eigenvalue weighted by atomic mass is 16.5. The molecule has 2 amide bonds. The van der Waals surface area contributed by atoms with Crippen LogP contribution in [0.25, 0.3) is 0 Å². The van der Waals surface area contributed by atoms with Crippen molar-refractivity contribution in [1.82, 2.24) is 10.2 Å². The number of carbonyl (C=O) groups excluding carboxylic acids is 2. The number of methoxy groups -OCH3 is 2. The molecule has 7 nitrogen and oxygen atoms in total. The number of amides is 2. The van der Waals surface area contributed by atoms with Gasteiger partial charge in [0.05, 0.1) is 14.2 Å². The highest BCUT2D eigenvalue weighted by Crippen LogP contribution is 2.27. The Morgan fingerprint density at radius 1 is 0.935 bits per heavy atom. The van der Waals surface area contributed by atoms with Crippen LogP contribution in [-0.2, 0) is 16.1 Å². The Hall–Kier alpha value is -3.22. The van der Waals surface area contributed by atoms with Gasteiger partial charge in [-0.25, -0.2) is 0 Å². The number of ether oxygens (including phenoxy) is 3. The van der Waals surface area contributed by atoms with Gasteiger partial charge < -0.3 is 24.4 Å². The smallest absolute Gasteiger partial charge is 0.261 e. The fourth-order valence-corrected chi connectivity index (χ4v) is 2.91. The van der Waals surface area contributed by atoms with Gasteiger partial charge in [-0.3, -0.25) is 9.59 Å². The number of hydrogen-bond acceptors (Lipinski definition) is 5. The van der Waals surface area contributed by atoms with Crippen LogP contribution in [0.3, 0.4) is 0 Å². The monoisotopic (exact) mass is 428 g/mol. The molecule has 31 heavy (non-hydrogen) atoms. The first-order chi connectivity index (χ1) is 14.8. The summed E-state index contributed by atoms with van der Waals surface area (Å²) in [5, 5.41) is 2.90. The third kappa shape index (κ3) is 7.51. The molecule has 1 N–H and O–H groups in total. The quantitative estimate of drug-likeness (QED) is 0.594. The van der Waals surface area contributed by atoms with E-state index in [1.165, 1.54) is 4.90 Å². The van der Waals surface area contributed by atoms with E-state index in [9.17, 15) is 9.59 Å². The van der Waals surface area contributed by atoms with E-state index >= 15 is 0 Å². The summed E-state index contributed by atoms with van der Waals surface area (Å²) in [4.78, 5) is 27.2. The molecule has 1 atom stereocenters. The summed E-state index contributed by atoms with van der Waals surface area (Å²) >= 11 is 0. The van der Waals surface area contributed by atoms with Gasteiger partial charge in [-0.05, 0) is 18.4 Å². The molecule has 0 aliphatic carbocycles. The first-order valence-corrected chi connectivity index (χ1v) is 10.3. The van der Waals surface area contributed by atoms with E-state index < -0.39 is 6.04 Å². The normalized spacial score (nSPS) is 11.5. The van der Waals surface area contributed by atoms with Crippen molar-refractivity contribution < 1.29 is 23.8 Å². The zero-order valence-electron chi connectivity index (χ0n) is 18.9. The number of nitrogens with zero attached hydrogens (tertiary/aromatic N) is 1. The summed E-state index contributed by atoms with van der Waals surface area (Å²) in [5.74, 6) is 1.40. The van der Waals surface area contributed by atoms with Gasteiger partial charge in [0.25, 0.3) is 5.91 Å². The first-order valence-electron chi connectivity index (χ1n) is 10.3. The van der Waals surface area contributed by atoms with Gasteiger partial charge in [0.2, 0.25) is 5.91 Å². The van der Waals surface area contributed by atoms with E-state index in [-0.39, 0.29) is 18.4 Å². The second-order valence-electron chi connectivity index (χ2n) is 7.66. The molecule has 0 radical (unpaired) electrons. The Morgan fingerprint density at radius 3 is 2.06 bits per heavy atom. The SMILES string of the molecule is COc1cc(OC)cc(OCC(=O)N(Cc2ccccc2)[C@@H](C)C(=O)NCC(C)C)c1. The topological polar surface area (TPSA) is 77.1 Å². The zero-order chi connectivity index (χ0) is 22.8. The number of carbonyl (C=O) groups is 2. The maximum absolute atomic E-state index is 13.1. The zero-order valence-corrected chi connectivity index (χ0v) is 18.9. The van der Waals surface area contributed by atoms with Crippen LogP contribution >= 0.6 is 0 Å². The van der Waals surface area contributed by atoms with Crippen LogP contribution in [-0.4, -0.2) is 50.1 Å². The number of benzene rings is 2. The van der Waals surface area contributed by atoms with Crippen molar-refractivity contribution in [2.24, 2.45) is 5.92 Å². The Labute approximate surface area is 184 Å². The van der Waals surface area contributed by atoms with Crippen LogP contribution in [0.5, 0.6) is 17.2 Å². The van der Waals surface area contributed by atoms with Crippen molar-refractivity contribution in [3.8, 4) is 17.2 Å². The molecule has 7 heteroatoms. The lowest BCUT2D eigenvalue weighted by Crippen LogP contribution is -2.49. The third-order valence-electron chi connectivity index (χ3n) is 4.73. The molecule has 0 fully saturated rings. The molecular formula is C24H32N2O5. The highest BCUT2D eigenvalue weighted by molar-refractivity contribution is 5.88. The van der Waals surface area contributed by atoms with E-state index in [4.69, 9.17) is 14.2 Å². The van der Waals surface area contributed by atoms with Crippen molar-refractivity contribution in [2.75, 3.05) is 27.4 Å². The largest absolute Gasteiger partial charge is 0.496 e. The summed E-state index contributed by atoms with van der Waals surface area (Å²) in [7, 11) is 3.09. The minimum Gasteiger partial charge on any atom is -0.496 e. The molecule has 0 saturated heterocycles. The van der Waals surface area contributed by atoms with Gasteiger partial charge in [0, 0.05) is 31.3 Å². The summed E-state index contributed by atoms with van der Waals surface area (Å²) in [6.45, 7) is 6.41. The van der Waals surface area contributed by atoms with Crippen LogP contribution in [0.2, 0.25) is 0 Å². The van der Waals surface area contributed by atoms with Crippen molar-refractivity contribution in [2.45, 2.75) is 33.4 Å². The molecule has 0 saturated carbocycles. The van der Waals surface area contributed by atoms with E-state index in [0.717, 1.165) is 5.56 Å². The number of rotatable bonds is 11. The van der Waals surface area contributed by atoms with Gasteiger partial charge in [-0.1, -0.05) is 44.2 Å². The van der Waals surface area contributed by atoms with Crippen molar-refractivity contribution in [3.05, 3.63) is 54.1 Å². The molecule has 0 heterocycles. The average molecular weight is 429 g/mol. The molecule has 0 spiro atoms. The maximum Gasteiger partial charge on any atom is 0.261 e. The maximum atomic E-state index is 13.1. The van der Waals surface area contributed by atoms with Gasteiger partial charge in [-0.15, -0.1) is 0 Å². The van der Waals surface area contributed by atoms with Crippen LogP contribution < -0.4 is 19.5 Å². The highest BCUT2D eigenvalue weighted by Gasteiger charge is 2.26. The molecule has 0 unspecified atom stereocenters. The van der Waals surface area contributed by atoms with Crippen LogP contribution in [0.1, 0.15) is 26.3 Å². The minimum absolute atomic E-state index is 0.193. The average Bonchev–Trinajstić information content (AvgIpc) is 2.79. The Balaban J connectivity index is 2.14. The standard InChI is InChI=1S/C24H32N2O5/c1-17(2)14-25-24(28)18(3)26(15-19-9-7-6-8-10-19)23(27)16-31-22-12-20(29-4)11-21(13-22)30-5/h6-13,17-18H,14-16H2,1-5H3,(H,25,28)/t18-/m0/s1. The van der Waals surface area contributed by atoms with Crippen molar-refractivity contribution in [1.29, 1.82) is 0 Å². The van der Waals surface area contributed by atoms with Gasteiger partial charge in [0.1, 0.15) is 23.3 Å². The number of hydrogen-bond donors (Lipinski definition) is 1.